The third-order valence-corrected chi connectivity index (χ3v) is 4.05. The smallest absolute Gasteiger partial charge is 0.254 e. The van der Waals surface area contributed by atoms with Gasteiger partial charge in [-0.05, 0) is 36.5 Å². The second-order valence-electron chi connectivity index (χ2n) is 6.73. The minimum Gasteiger partial charge on any atom is -0.508 e. The van der Waals surface area contributed by atoms with E-state index < -0.39 is 0 Å². The maximum Gasteiger partial charge on any atom is 0.254 e. The van der Waals surface area contributed by atoms with Gasteiger partial charge in [0.25, 0.3) is 5.91 Å². The van der Waals surface area contributed by atoms with E-state index in [2.05, 4.69) is 0 Å². The van der Waals surface area contributed by atoms with Crippen molar-refractivity contribution in [2.24, 2.45) is 0 Å². The molecule has 1 heterocycles. The molecule has 1 aliphatic heterocycles. The molecule has 0 aromatic heterocycles. The summed E-state index contributed by atoms with van der Waals surface area (Å²) in [5.41, 5.74) is 1.24. The Bertz CT molecular complexity index is 519. The Morgan fingerprint density at radius 1 is 1.43 bits per heavy atom. The fourth-order valence-electron chi connectivity index (χ4n) is 2.90. The molecule has 0 aliphatic carbocycles. The van der Waals surface area contributed by atoms with Gasteiger partial charge in [0.05, 0.1) is 12.6 Å². The Morgan fingerprint density at radius 2 is 2.14 bits per heavy atom. The lowest BCUT2D eigenvalue weighted by atomic mass is 9.85. The van der Waals surface area contributed by atoms with Gasteiger partial charge in [0, 0.05) is 24.8 Å². The molecule has 1 N–H and O–H groups in total. The van der Waals surface area contributed by atoms with E-state index in [0.29, 0.717) is 12.2 Å². The molecule has 4 nitrogen and oxygen atoms in total. The molecule has 0 radical (unpaired) electrons. The highest BCUT2D eigenvalue weighted by molar-refractivity contribution is 5.95. The molecule has 1 amide bonds. The number of rotatable bonds is 3. The number of phenols is 1. The molecule has 0 bridgehead atoms. The summed E-state index contributed by atoms with van der Waals surface area (Å²) in [5.74, 6) is 0.272. The molecule has 1 atom stereocenters. The van der Waals surface area contributed by atoms with E-state index in [4.69, 9.17) is 4.74 Å². The molecule has 1 saturated heterocycles. The van der Waals surface area contributed by atoms with Crippen LogP contribution in [0.5, 0.6) is 5.75 Å². The zero-order chi connectivity index (χ0) is 15.6. The number of amides is 1. The van der Waals surface area contributed by atoms with Gasteiger partial charge in [-0.3, -0.25) is 4.79 Å². The SMILES string of the molecule is COC[C@@H]1CCCN1C(=O)c1ccc(O)c(C(C)(C)C)c1. The minimum atomic E-state index is -0.197. The van der Waals surface area contributed by atoms with E-state index in [-0.39, 0.29) is 23.1 Å². The van der Waals surface area contributed by atoms with E-state index >= 15 is 0 Å². The summed E-state index contributed by atoms with van der Waals surface area (Å²) in [6.07, 6.45) is 2.01. The molecule has 1 aliphatic rings. The topological polar surface area (TPSA) is 49.8 Å². The lowest BCUT2D eigenvalue weighted by Gasteiger charge is -2.26. The summed E-state index contributed by atoms with van der Waals surface area (Å²) in [4.78, 5) is 14.6. The summed E-state index contributed by atoms with van der Waals surface area (Å²) >= 11 is 0. The number of carbonyl (C=O) groups excluding carboxylic acids is 1. The summed E-state index contributed by atoms with van der Waals surface area (Å²) in [5, 5.41) is 10.0. The largest absolute Gasteiger partial charge is 0.508 e. The maximum absolute atomic E-state index is 12.7. The summed E-state index contributed by atoms with van der Waals surface area (Å²) in [7, 11) is 1.67. The third kappa shape index (κ3) is 3.38. The van der Waals surface area contributed by atoms with Gasteiger partial charge in [-0.1, -0.05) is 20.8 Å². The van der Waals surface area contributed by atoms with Gasteiger partial charge in [-0.25, -0.2) is 0 Å². The Labute approximate surface area is 126 Å². The molecule has 1 fully saturated rings. The molecule has 21 heavy (non-hydrogen) atoms. The average Bonchev–Trinajstić information content (AvgIpc) is 2.86. The van der Waals surface area contributed by atoms with Crippen molar-refractivity contribution in [1.29, 1.82) is 0 Å². The van der Waals surface area contributed by atoms with Gasteiger partial charge in [-0.2, -0.15) is 0 Å². The molecule has 0 saturated carbocycles. The minimum absolute atomic E-state index is 0.0278. The van der Waals surface area contributed by atoms with Crippen molar-refractivity contribution in [2.45, 2.75) is 45.1 Å². The number of phenolic OH excluding ortho intramolecular Hbond substituents is 1. The first-order valence-electron chi connectivity index (χ1n) is 7.48. The van der Waals surface area contributed by atoms with Gasteiger partial charge in [0.15, 0.2) is 0 Å². The predicted octanol–water partition coefficient (Wildman–Crippen LogP) is 2.94. The van der Waals surface area contributed by atoms with E-state index in [1.807, 2.05) is 31.7 Å². The first kappa shape index (κ1) is 15.8. The summed E-state index contributed by atoms with van der Waals surface area (Å²) < 4.78 is 5.21. The number of carbonyl (C=O) groups is 1. The third-order valence-electron chi connectivity index (χ3n) is 4.05. The fraction of sp³-hybridized carbons (Fsp3) is 0.588. The van der Waals surface area contributed by atoms with E-state index in [1.54, 1.807) is 19.2 Å². The Morgan fingerprint density at radius 3 is 2.76 bits per heavy atom. The molecule has 2 rings (SSSR count). The highest BCUT2D eigenvalue weighted by Gasteiger charge is 2.30. The molecule has 0 spiro atoms. The van der Waals surface area contributed by atoms with Crippen LogP contribution in [0.25, 0.3) is 0 Å². The second-order valence-corrected chi connectivity index (χ2v) is 6.73. The molecular weight excluding hydrogens is 266 g/mol. The molecular formula is C17H25NO3. The number of methoxy groups -OCH3 is 1. The highest BCUT2D eigenvalue weighted by Crippen LogP contribution is 2.32. The number of hydrogen-bond donors (Lipinski definition) is 1. The number of nitrogens with zero attached hydrogens (tertiary/aromatic N) is 1. The molecule has 116 valence electrons. The van der Waals surface area contributed by atoms with Gasteiger partial charge >= 0.3 is 0 Å². The van der Waals surface area contributed by atoms with Crippen LogP contribution in [-0.2, 0) is 10.2 Å². The molecule has 0 unspecified atom stereocenters. The molecule has 1 aromatic carbocycles. The summed E-state index contributed by atoms with van der Waals surface area (Å²) in [6.45, 7) is 7.44. The number of hydrogen-bond acceptors (Lipinski definition) is 3. The van der Waals surface area contributed by atoms with E-state index in [9.17, 15) is 9.90 Å². The van der Waals surface area contributed by atoms with Crippen molar-refractivity contribution in [3.05, 3.63) is 29.3 Å². The second kappa shape index (κ2) is 6.06. The Hall–Kier alpha value is -1.55. The van der Waals surface area contributed by atoms with Crippen LogP contribution in [0.15, 0.2) is 18.2 Å². The zero-order valence-corrected chi connectivity index (χ0v) is 13.3. The number of aromatic hydroxyl groups is 1. The van der Waals surface area contributed by atoms with Crippen LogP contribution in [0, 0.1) is 0 Å². The molecule has 4 heteroatoms. The van der Waals surface area contributed by atoms with Crippen molar-refractivity contribution in [1.82, 2.24) is 4.90 Å². The fourth-order valence-corrected chi connectivity index (χ4v) is 2.90. The van der Waals surface area contributed by atoms with Crippen LogP contribution in [0.2, 0.25) is 0 Å². The number of benzene rings is 1. The van der Waals surface area contributed by atoms with Crippen LogP contribution in [0.1, 0.15) is 49.5 Å². The summed E-state index contributed by atoms with van der Waals surface area (Å²) in [6, 6.07) is 5.30. The first-order valence-corrected chi connectivity index (χ1v) is 7.48. The van der Waals surface area contributed by atoms with Gasteiger partial charge < -0.3 is 14.7 Å². The monoisotopic (exact) mass is 291 g/mol. The first-order chi connectivity index (χ1) is 9.84. The van der Waals surface area contributed by atoms with Crippen molar-refractivity contribution in [3.8, 4) is 5.75 Å². The predicted molar refractivity (Wildman–Crippen MR) is 82.7 cm³/mol. The molecule has 1 aromatic rings. The van der Waals surface area contributed by atoms with Crippen LogP contribution >= 0.6 is 0 Å². The van der Waals surface area contributed by atoms with Crippen LogP contribution in [0.4, 0.5) is 0 Å². The van der Waals surface area contributed by atoms with Crippen LogP contribution in [-0.4, -0.2) is 42.2 Å². The van der Waals surface area contributed by atoms with Crippen molar-refractivity contribution >= 4 is 5.91 Å². The van der Waals surface area contributed by atoms with Crippen LogP contribution < -0.4 is 0 Å². The van der Waals surface area contributed by atoms with Gasteiger partial charge in [0.2, 0.25) is 0 Å². The van der Waals surface area contributed by atoms with Crippen LogP contribution in [0.3, 0.4) is 0 Å². The Kier molecular flexibility index (Phi) is 4.57. The lowest BCUT2D eigenvalue weighted by Crippen LogP contribution is -2.38. The lowest BCUT2D eigenvalue weighted by molar-refractivity contribution is 0.0630. The standard InChI is InChI=1S/C17H25NO3/c1-17(2,3)14-10-12(7-8-15(14)19)16(20)18-9-5-6-13(18)11-21-4/h7-8,10,13,19H,5-6,9,11H2,1-4H3/t13-/m0/s1. The van der Waals surface area contributed by atoms with E-state index in [1.165, 1.54) is 0 Å². The zero-order valence-electron chi connectivity index (χ0n) is 13.3. The Balaban J connectivity index is 2.27. The normalized spacial score (nSPS) is 19.0. The highest BCUT2D eigenvalue weighted by atomic mass is 16.5. The van der Waals surface area contributed by atoms with Gasteiger partial charge in [0.1, 0.15) is 5.75 Å². The maximum atomic E-state index is 12.7. The van der Waals surface area contributed by atoms with E-state index in [0.717, 1.165) is 24.9 Å². The van der Waals surface area contributed by atoms with Crippen molar-refractivity contribution in [3.63, 3.8) is 0 Å². The number of likely N-dealkylation sites (tertiary alicyclic amines) is 1. The average molecular weight is 291 g/mol. The van der Waals surface area contributed by atoms with Crippen molar-refractivity contribution in [2.75, 3.05) is 20.3 Å². The van der Waals surface area contributed by atoms with Crippen molar-refractivity contribution < 1.29 is 14.6 Å². The number of ether oxygens (including phenoxy) is 1. The quantitative estimate of drug-likeness (QED) is 0.931. The van der Waals surface area contributed by atoms with Gasteiger partial charge in [-0.15, -0.1) is 0 Å².